The van der Waals surface area contributed by atoms with Crippen molar-refractivity contribution in [1.29, 1.82) is 0 Å². The van der Waals surface area contributed by atoms with Crippen molar-refractivity contribution in [3.8, 4) is 0 Å². The molecule has 21 heavy (non-hydrogen) atoms. The first kappa shape index (κ1) is 13.6. The number of aromatic nitrogens is 2. The van der Waals surface area contributed by atoms with Crippen LogP contribution < -0.4 is 10.6 Å². The van der Waals surface area contributed by atoms with Gasteiger partial charge in [0.1, 0.15) is 10.5 Å². The molecule has 2 heterocycles. The summed E-state index contributed by atoms with van der Waals surface area (Å²) in [5.41, 5.74) is 3.38. The van der Waals surface area contributed by atoms with Crippen LogP contribution in [-0.2, 0) is 0 Å². The Bertz CT molecular complexity index is 822. The van der Waals surface area contributed by atoms with Gasteiger partial charge in [0.2, 0.25) is 0 Å². The number of oxazole rings is 1. The van der Waals surface area contributed by atoms with Crippen molar-refractivity contribution in [2.75, 3.05) is 17.7 Å². The number of fused-ring (bicyclic) bond motifs is 1. The maximum absolute atomic E-state index is 12.4. The third-order valence-electron chi connectivity index (χ3n) is 3.07. The van der Waals surface area contributed by atoms with Crippen molar-refractivity contribution < 1.29 is 9.21 Å². The molecule has 1 amide bonds. The number of carbonyl (C=O) groups is 1. The number of amides is 1. The molecule has 1 aromatic carbocycles. The number of nitrogens with one attached hydrogen (secondary N) is 2. The molecule has 0 saturated carbocycles. The molecule has 108 valence electrons. The quantitative estimate of drug-likeness (QED) is 0.776. The molecule has 2 aromatic heterocycles. The van der Waals surface area contributed by atoms with E-state index in [0.29, 0.717) is 28.4 Å². The van der Waals surface area contributed by atoms with Crippen molar-refractivity contribution in [3.63, 3.8) is 0 Å². The molecule has 7 heteroatoms. The van der Waals surface area contributed by atoms with Crippen LogP contribution in [-0.4, -0.2) is 22.3 Å². The zero-order valence-electron chi connectivity index (χ0n) is 11.9. The summed E-state index contributed by atoms with van der Waals surface area (Å²) in [7, 11) is 1.77. The highest BCUT2D eigenvalue weighted by Gasteiger charge is 2.18. The van der Waals surface area contributed by atoms with E-state index in [2.05, 4.69) is 20.0 Å². The van der Waals surface area contributed by atoms with Gasteiger partial charge in [0, 0.05) is 19.7 Å². The molecule has 0 fully saturated rings. The first-order valence-corrected chi connectivity index (χ1v) is 7.18. The van der Waals surface area contributed by atoms with Gasteiger partial charge in [-0.3, -0.25) is 4.79 Å². The topological polar surface area (TPSA) is 80.0 Å². The van der Waals surface area contributed by atoms with Crippen LogP contribution in [0.25, 0.3) is 11.1 Å². The molecular formula is C14H14N4O2S. The summed E-state index contributed by atoms with van der Waals surface area (Å²) in [6, 6.07) is 5.37. The average Bonchev–Trinajstić information content (AvgIpc) is 2.99. The van der Waals surface area contributed by atoms with E-state index in [9.17, 15) is 4.79 Å². The van der Waals surface area contributed by atoms with Crippen LogP contribution >= 0.6 is 11.5 Å². The summed E-state index contributed by atoms with van der Waals surface area (Å²) in [6.45, 7) is 3.61. The van der Waals surface area contributed by atoms with Crippen molar-refractivity contribution in [3.05, 3.63) is 35.3 Å². The zero-order chi connectivity index (χ0) is 15.0. The number of hydrogen-bond donors (Lipinski definition) is 2. The summed E-state index contributed by atoms with van der Waals surface area (Å²) >= 11 is 1.27. The maximum atomic E-state index is 12.4. The van der Waals surface area contributed by atoms with Crippen LogP contribution in [0.4, 0.5) is 10.7 Å². The van der Waals surface area contributed by atoms with Crippen LogP contribution in [0.5, 0.6) is 0 Å². The Hall–Kier alpha value is -2.41. The van der Waals surface area contributed by atoms with Crippen molar-refractivity contribution in [2.24, 2.45) is 0 Å². The summed E-state index contributed by atoms with van der Waals surface area (Å²) in [6.07, 6.45) is 0. The lowest BCUT2D eigenvalue weighted by molar-refractivity contribution is 0.102. The smallest absolute Gasteiger partial charge is 0.260 e. The summed E-state index contributed by atoms with van der Waals surface area (Å²) in [4.78, 5) is 16.6. The van der Waals surface area contributed by atoms with Gasteiger partial charge in [-0.1, -0.05) is 0 Å². The van der Waals surface area contributed by atoms with Gasteiger partial charge in [0.15, 0.2) is 11.5 Å². The van der Waals surface area contributed by atoms with Gasteiger partial charge in [0.25, 0.3) is 5.91 Å². The van der Waals surface area contributed by atoms with Gasteiger partial charge in [0.05, 0.1) is 11.3 Å². The number of hydrogen-bond acceptors (Lipinski definition) is 6. The minimum atomic E-state index is -0.190. The Balaban J connectivity index is 1.90. The molecule has 6 nitrogen and oxygen atoms in total. The minimum Gasteiger partial charge on any atom is -0.441 e. The fourth-order valence-electron chi connectivity index (χ4n) is 2.12. The molecule has 0 aliphatic rings. The monoisotopic (exact) mass is 302 g/mol. The van der Waals surface area contributed by atoms with Gasteiger partial charge in [-0.25, -0.2) is 4.98 Å². The van der Waals surface area contributed by atoms with E-state index in [1.54, 1.807) is 32.2 Å². The molecule has 0 radical (unpaired) electrons. The number of nitrogens with zero attached hydrogens (tertiary/aromatic N) is 2. The van der Waals surface area contributed by atoms with Gasteiger partial charge in [-0.05, 0) is 36.7 Å². The highest BCUT2D eigenvalue weighted by atomic mass is 32.1. The van der Waals surface area contributed by atoms with E-state index in [0.717, 1.165) is 10.5 Å². The van der Waals surface area contributed by atoms with E-state index in [4.69, 9.17) is 4.42 Å². The van der Waals surface area contributed by atoms with Crippen LogP contribution in [0.3, 0.4) is 0 Å². The molecular weight excluding hydrogens is 288 g/mol. The average molecular weight is 302 g/mol. The maximum Gasteiger partial charge on any atom is 0.260 e. The zero-order valence-corrected chi connectivity index (χ0v) is 12.7. The molecule has 0 atom stereocenters. The Morgan fingerprint density at radius 1 is 1.33 bits per heavy atom. The van der Waals surface area contributed by atoms with Gasteiger partial charge in [-0.15, -0.1) is 0 Å². The van der Waals surface area contributed by atoms with Crippen LogP contribution in [0, 0.1) is 13.8 Å². The third kappa shape index (κ3) is 2.47. The second-order valence-corrected chi connectivity index (χ2v) is 5.37. The Labute approximate surface area is 125 Å². The van der Waals surface area contributed by atoms with Gasteiger partial charge in [-0.2, -0.15) is 4.37 Å². The Kier molecular flexibility index (Phi) is 3.34. The Morgan fingerprint density at radius 3 is 2.90 bits per heavy atom. The van der Waals surface area contributed by atoms with Crippen molar-refractivity contribution >= 4 is 39.2 Å². The molecule has 3 aromatic rings. The molecule has 0 bridgehead atoms. The van der Waals surface area contributed by atoms with Crippen LogP contribution in [0.15, 0.2) is 22.6 Å². The molecule has 0 aliphatic carbocycles. The molecule has 0 saturated heterocycles. The van der Waals surface area contributed by atoms with Gasteiger partial charge < -0.3 is 15.1 Å². The number of anilines is 2. The molecule has 0 spiro atoms. The second-order valence-electron chi connectivity index (χ2n) is 4.59. The minimum absolute atomic E-state index is 0.190. The second kappa shape index (κ2) is 5.17. The Morgan fingerprint density at radius 2 is 2.14 bits per heavy atom. The number of rotatable bonds is 3. The lowest BCUT2D eigenvalue weighted by atomic mass is 10.2. The molecule has 0 aliphatic heterocycles. The number of aryl methyl sites for hydroxylation is 2. The van der Waals surface area contributed by atoms with E-state index in [-0.39, 0.29) is 5.91 Å². The van der Waals surface area contributed by atoms with E-state index < -0.39 is 0 Å². The normalized spacial score (nSPS) is 10.8. The highest BCUT2D eigenvalue weighted by Crippen LogP contribution is 2.26. The predicted octanol–water partition coefficient (Wildman–Crippen LogP) is 3.20. The van der Waals surface area contributed by atoms with Crippen LogP contribution in [0.2, 0.25) is 0 Å². The highest BCUT2D eigenvalue weighted by molar-refractivity contribution is 7.10. The van der Waals surface area contributed by atoms with Gasteiger partial charge >= 0.3 is 0 Å². The molecule has 0 unspecified atom stereocenters. The summed E-state index contributed by atoms with van der Waals surface area (Å²) < 4.78 is 9.61. The van der Waals surface area contributed by atoms with Crippen molar-refractivity contribution in [2.45, 2.75) is 13.8 Å². The van der Waals surface area contributed by atoms with Crippen LogP contribution in [0.1, 0.15) is 21.9 Å². The SMILES string of the molecule is CNc1snc(C)c1C(=O)Nc1ccc2oc(C)nc2c1. The number of benzene rings is 1. The van der Waals surface area contributed by atoms with E-state index in [1.807, 2.05) is 6.92 Å². The lowest BCUT2D eigenvalue weighted by Gasteiger charge is -2.06. The molecule has 3 rings (SSSR count). The summed E-state index contributed by atoms with van der Waals surface area (Å²) in [5.74, 6) is 0.411. The lowest BCUT2D eigenvalue weighted by Crippen LogP contribution is -2.13. The fraction of sp³-hybridized carbons (Fsp3) is 0.214. The predicted molar refractivity (Wildman–Crippen MR) is 83.1 cm³/mol. The third-order valence-corrected chi connectivity index (χ3v) is 4.03. The van der Waals surface area contributed by atoms with E-state index >= 15 is 0 Å². The van der Waals surface area contributed by atoms with E-state index in [1.165, 1.54) is 11.5 Å². The standard InChI is InChI=1S/C14H14N4O2S/c1-7-12(14(15-3)21-18-7)13(19)17-9-4-5-11-10(6-9)16-8(2)20-11/h4-6,15H,1-3H3,(H,17,19). The first-order valence-electron chi connectivity index (χ1n) is 6.41. The first-order chi connectivity index (χ1) is 10.1. The number of carbonyl (C=O) groups excluding carboxylic acids is 1. The molecule has 2 N–H and O–H groups in total. The fourth-order valence-corrected chi connectivity index (χ4v) is 2.86. The van der Waals surface area contributed by atoms with Crippen molar-refractivity contribution in [1.82, 2.24) is 9.36 Å². The largest absolute Gasteiger partial charge is 0.441 e. The summed E-state index contributed by atoms with van der Waals surface area (Å²) in [5, 5.41) is 6.60.